The Morgan fingerprint density at radius 3 is 3.00 bits per heavy atom. The molecular weight excluding hydrogens is 210 g/mol. The van der Waals surface area contributed by atoms with E-state index in [0.29, 0.717) is 19.7 Å². The molecule has 2 amide bonds. The van der Waals surface area contributed by atoms with Crippen LogP contribution in [0.5, 0.6) is 0 Å². The summed E-state index contributed by atoms with van der Waals surface area (Å²) in [5.74, 6) is 0.00810. The summed E-state index contributed by atoms with van der Waals surface area (Å²) in [6.07, 6.45) is 0.880. The second-order valence-electron chi connectivity index (χ2n) is 4.03. The molecule has 16 heavy (non-hydrogen) atoms. The van der Waals surface area contributed by atoms with Crippen LogP contribution in [0.15, 0.2) is 0 Å². The van der Waals surface area contributed by atoms with Gasteiger partial charge in [0.25, 0.3) is 0 Å². The van der Waals surface area contributed by atoms with Crippen LogP contribution in [0.1, 0.15) is 6.42 Å². The number of amides is 2. The lowest BCUT2D eigenvalue weighted by Gasteiger charge is -2.28. The minimum Gasteiger partial charge on any atom is -0.380 e. The van der Waals surface area contributed by atoms with E-state index in [0.717, 1.165) is 19.6 Å². The van der Waals surface area contributed by atoms with Gasteiger partial charge < -0.3 is 15.0 Å². The smallest absolute Gasteiger partial charge is 0.241 e. The normalized spacial score (nSPS) is 27.1. The monoisotopic (exact) mass is 227 g/mol. The minimum absolute atomic E-state index is 0.0525. The van der Waals surface area contributed by atoms with Crippen LogP contribution in [0.3, 0.4) is 0 Å². The maximum atomic E-state index is 12.1. The van der Waals surface area contributed by atoms with E-state index in [1.807, 2.05) is 4.90 Å². The lowest BCUT2D eigenvalue weighted by atomic mass is 10.2. The molecule has 6 nitrogen and oxygen atoms in total. The molecule has 0 aromatic carbocycles. The van der Waals surface area contributed by atoms with Crippen LogP contribution < -0.4 is 10.6 Å². The molecule has 0 aliphatic carbocycles. The Hall–Kier alpha value is -1.14. The summed E-state index contributed by atoms with van der Waals surface area (Å²) < 4.78 is 5.30. The standard InChI is InChI=1S/C10H17N3O3/c14-9-7-11-8(6-12-9)10(15)13-2-1-4-16-5-3-13/h8,11H,1-7H2,(H,12,14). The Morgan fingerprint density at radius 2 is 2.25 bits per heavy atom. The third-order valence-corrected chi connectivity index (χ3v) is 2.84. The fourth-order valence-electron chi connectivity index (χ4n) is 1.93. The highest BCUT2D eigenvalue weighted by Gasteiger charge is 2.28. The molecule has 0 aromatic rings. The van der Waals surface area contributed by atoms with Gasteiger partial charge in [-0.05, 0) is 6.42 Å². The Kier molecular flexibility index (Phi) is 3.74. The highest BCUT2D eigenvalue weighted by atomic mass is 16.5. The summed E-state index contributed by atoms with van der Waals surface area (Å²) in [5, 5.41) is 5.63. The van der Waals surface area contributed by atoms with Crippen LogP contribution in [0, 0.1) is 0 Å². The molecule has 2 saturated heterocycles. The Balaban J connectivity index is 1.87. The molecule has 1 atom stereocenters. The average molecular weight is 227 g/mol. The summed E-state index contributed by atoms with van der Waals surface area (Å²) in [4.78, 5) is 24.8. The number of carbonyl (C=O) groups is 2. The molecule has 2 N–H and O–H groups in total. The first-order valence-electron chi connectivity index (χ1n) is 5.64. The number of hydrogen-bond donors (Lipinski definition) is 2. The predicted octanol–water partition coefficient (Wildman–Crippen LogP) is -1.68. The fourth-order valence-corrected chi connectivity index (χ4v) is 1.93. The number of rotatable bonds is 1. The summed E-state index contributed by atoms with van der Waals surface area (Å²) in [5.41, 5.74) is 0. The summed E-state index contributed by atoms with van der Waals surface area (Å²) in [6, 6.07) is -0.282. The summed E-state index contributed by atoms with van der Waals surface area (Å²) in [6.45, 7) is 3.31. The van der Waals surface area contributed by atoms with Gasteiger partial charge in [0.05, 0.1) is 13.2 Å². The average Bonchev–Trinajstić information content (AvgIpc) is 2.57. The van der Waals surface area contributed by atoms with Crippen molar-refractivity contribution in [3.05, 3.63) is 0 Å². The zero-order chi connectivity index (χ0) is 11.4. The van der Waals surface area contributed by atoms with Gasteiger partial charge in [-0.1, -0.05) is 0 Å². The van der Waals surface area contributed by atoms with E-state index in [4.69, 9.17) is 4.74 Å². The summed E-state index contributed by atoms with van der Waals surface area (Å²) in [7, 11) is 0. The second-order valence-corrected chi connectivity index (χ2v) is 4.03. The first-order valence-corrected chi connectivity index (χ1v) is 5.64. The van der Waals surface area contributed by atoms with Gasteiger partial charge in [-0.15, -0.1) is 0 Å². The molecule has 6 heteroatoms. The molecular formula is C10H17N3O3. The van der Waals surface area contributed by atoms with Crippen LogP contribution in [-0.4, -0.2) is 62.1 Å². The molecule has 2 fully saturated rings. The minimum atomic E-state index is -0.282. The van der Waals surface area contributed by atoms with Gasteiger partial charge in [0.1, 0.15) is 6.04 Å². The Labute approximate surface area is 94.3 Å². The summed E-state index contributed by atoms with van der Waals surface area (Å²) >= 11 is 0. The van der Waals surface area contributed by atoms with Gasteiger partial charge in [0.2, 0.25) is 11.8 Å². The first kappa shape index (κ1) is 11.3. The van der Waals surface area contributed by atoms with Gasteiger partial charge in [0.15, 0.2) is 0 Å². The molecule has 0 aromatic heterocycles. The maximum absolute atomic E-state index is 12.1. The Bertz CT molecular complexity index is 264. The molecule has 90 valence electrons. The molecule has 2 aliphatic rings. The van der Waals surface area contributed by atoms with Crippen molar-refractivity contribution in [2.45, 2.75) is 12.5 Å². The quantitative estimate of drug-likeness (QED) is 0.561. The van der Waals surface area contributed by atoms with E-state index in [-0.39, 0.29) is 24.4 Å². The Morgan fingerprint density at radius 1 is 1.38 bits per heavy atom. The van der Waals surface area contributed by atoms with E-state index < -0.39 is 0 Å². The topological polar surface area (TPSA) is 70.7 Å². The van der Waals surface area contributed by atoms with E-state index >= 15 is 0 Å². The molecule has 2 rings (SSSR count). The van der Waals surface area contributed by atoms with Crippen LogP contribution >= 0.6 is 0 Å². The maximum Gasteiger partial charge on any atom is 0.241 e. The van der Waals surface area contributed by atoms with Crippen molar-refractivity contribution < 1.29 is 14.3 Å². The number of nitrogens with one attached hydrogen (secondary N) is 2. The van der Waals surface area contributed by atoms with Gasteiger partial charge in [-0.25, -0.2) is 0 Å². The highest BCUT2D eigenvalue weighted by molar-refractivity contribution is 5.86. The van der Waals surface area contributed by atoms with Crippen LogP contribution in [-0.2, 0) is 14.3 Å². The molecule has 0 spiro atoms. The zero-order valence-corrected chi connectivity index (χ0v) is 9.20. The third kappa shape index (κ3) is 2.70. The van der Waals surface area contributed by atoms with Crippen LogP contribution in [0.4, 0.5) is 0 Å². The second kappa shape index (κ2) is 5.27. The highest BCUT2D eigenvalue weighted by Crippen LogP contribution is 2.03. The van der Waals surface area contributed by atoms with E-state index in [1.165, 1.54) is 0 Å². The van der Waals surface area contributed by atoms with Crippen molar-refractivity contribution in [1.82, 2.24) is 15.5 Å². The van der Waals surface area contributed by atoms with Crippen molar-refractivity contribution in [2.75, 3.05) is 39.4 Å². The number of carbonyl (C=O) groups excluding carboxylic acids is 2. The van der Waals surface area contributed by atoms with Gasteiger partial charge in [-0.2, -0.15) is 0 Å². The fraction of sp³-hybridized carbons (Fsp3) is 0.800. The van der Waals surface area contributed by atoms with Crippen molar-refractivity contribution >= 4 is 11.8 Å². The molecule has 1 unspecified atom stereocenters. The van der Waals surface area contributed by atoms with E-state index in [9.17, 15) is 9.59 Å². The first-order chi connectivity index (χ1) is 7.77. The van der Waals surface area contributed by atoms with Crippen molar-refractivity contribution in [2.24, 2.45) is 0 Å². The van der Waals surface area contributed by atoms with Crippen LogP contribution in [0.2, 0.25) is 0 Å². The third-order valence-electron chi connectivity index (χ3n) is 2.84. The number of hydrogen-bond acceptors (Lipinski definition) is 4. The molecule has 0 bridgehead atoms. The van der Waals surface area contributed by atoms with Crippen molar-refractivity contribution in [1.29, 1.82) is 0 Å². The SMILES string of the molecule is O=C1CNC(C(=O)N2CCCOCC2)CN1. The largest absolute Gasteiger partial charge is 0.380 e. The molecule has 2 heterocycles. The lowest BCUT2D eigenvalue weighted by molar-refractivity contribution is -0.134. The van der Waals surface area contributed by atoms with E-state index in [1.54, 1.807) is 0 Å². The molecule has 0 saturated carbocycles. The van der Waals surface area contributed by atoms with Crippen molar-refractivity contribution in [3.8, 4) is 0 Å². The van der Waals surface area contributed by atoms with Gasteiger partial charge in [0, 0.05) is 26.2 Å². The predicted molar refractivity (Wildman–Crippen MR) is 56.8 cm³/mol. The molecule has 2 aliphatic heterocycles. The lowest BCUT2D eigenvalue weighted by Crippen LogP contribution is -2.58. The van der Waals surface area contributed by atoms with Gasteiger partial charge >= 0.3 is 0 Å². The molecule has 0 radical (unpaired) electrons. The van der Waals surface area contributed by atoms with E-state index in [2.05, 4.69) is 10.6 Å². The number of nitrogens with zero attached hydrogens (tertiary/aromatic N) is 1. The number of ether oxygens (including phenoxy) is 1. The van der Waals surface area contributed by atoms with Crippen LogP contribution in [0.25, 0.3) is 0 Å². The number of piperazine rings is 1. The van der Waals surface area contributed by atoms with Crippen molar-refractivity contribution in [3.63, 3.8) is 0 Å². The zero-order valence-electron chi connectivity index (χ0n) is 9.20. The van der Waals surface area contributed by atoms with Gasteiger partial charge in [-0.3, -0.25) is 14.9 Å².